The second-order valence-corrected chi connectivity index (χ2v) is 4.21. The first-order chi connectivity index (χ1) is 7.56. The van der Waals surface area contributed by atoms with E-state index in [1.807, 2.05) is 13.8 Å². The third-order valence-corrected chi connectivity index (χ3v) is 1.94. The van der Waals surface area contributed by atoms with Crippen LogP contribution in [0.5, 0.6) is 0 Å². The second kappa shape index (κ2) is 10.0. The number of rotatable bonds is 10. The molecule has 0 aliphatic rings. The van der Waals surface area contributed by atoms with Crippen LogP contribution in [0.4, 0.5) is 0 Å². The van der Waals surface area contributed by atoms with Gasteiger partial charge in [-0.25, -0.2) is 0 Å². The standard InChI is InChI=1S/C12H26O4/c1-5-6-14-8-11(3)16-9-12(4)15-7-10(2)13/h10-13H,5-9H2,1-4H3/t10-,11-,12+/m0/s1. The molecule has 3 atom stereocenters. The van der Waals surface area contributed by atoms with Crippen LogP contribution in [0.1, 0.15) is 34.1 Å². The van der Waals surface area contributed by atoms with Gasteiger partial charge in [-0.05, 0) is 27.2 Å². The Kier molecular flexibility index (Phi) is 9.92. The zero-order valence-electron chi connectivity index (χ0n) is 10.9. The summed E-state index contributed by atoms with van der Waals surface area (Å²) < 4.78 is 16.3. The van der Waals surface area contributed by atoms with Gasteiger partial charge in [-0.2, -0.15) is 0 Å². The molecule has 0 unspecified atom stereocenters. The molecular weight excluding hydrogens is 208 g/mol. The van der Waals surface area contributed by atoms with E-state index in [0.717, 1.165) is 13.0 Å². The van der Waals surface area contributed by atoms with E-state index in [1.54, 1.807) is 6.92 Å². The van der Waals surface area contributed by atoms with Crippen molar-refractivity contribution in [3.63, 3.8) is 0 Å². The molecule has 0 amide bonds. The molecule has 0 aromatic rings. The zero-order chi connectivity index (χ0) is 12.4. The Morgan fingerprint density at radius 3 is 2.06 bits per heavy atom. The summed E-state index contributed by atoms with van der Waals surface area (Å²) in [7, 11) is 0. The molecule has 0 aliphatic carbocycles. The molecule has 1 N–H and O–H groups in total. The Balaban J connectivity index is 3.39. The summed E-state index contributed by atoms with van der Waals surface area (Å²) in [4.78, 5) is 0. The van der Waals surface area contributed by atoms with Gasteiger partial charge in [0.05, 0.1) is 38.1 Å². The van der Waals surface area contributed by atoms with Crippen molar-refractivity contribution >= 4 is 0 Å². The van der Waals surface area contributed by atoms with E-state index in [-0.39, 0.29) is 12.2 Å². The van der Waals surface area contributed by atoms with Gasteiger partial charge in [0.25, 0.3) is 0 Å². The minimum Gasteiger partial charge on any atom is -0.391 e. The summed E-state index contributed by atoms with van der Waals surface area (Å²) >= 11 is 0. The number of aliphatic hydroxyl groups excluding tert-OH is 1. The Bertz CT molecular complexity index is 150. The van der Waals surface area contributed by atoms with Crippen molar-refractivity contribution in [2.45, 2.75) is 52.4 Å². The summed E-state index contributed by atoms with van der Waals surface area (Å²) in [5.41, 5.74) is 0. The lowest BCUT2D eigenvalue weighted by molar-refractivity contribution is -0.0699. The molecule has 16 heavy (non-hydrogen) atoms. The van der Waals surface area contributed by atoms with Crippen LogP contribution in [0.2, 0.25) is 0 Å². The minimum absolute atomic E-state index is 0.00299. The van der Waals surface area contributed by atoms with E-state index in [4.69, 9.17) is 19.3 Å². The molecule has 0 aromatic carbocycles. The summed E-state index contributed by atoms with van der Waals surface area (Å²) in [5, 5.41) is 9.04. The van der Waals surface area contributed by atoms with Gasteiger partial charge in [0.2, 0.25) is 0 Å². The number of hydrogen-bond acceptors (Lipinski definition) is 4. The third kappa shape index (κ3) is 10.4. The lowest BCUT2D eigenvalue weighted by atomic mass is 10.4. The van der Waals surface area contributed by atoms with Gasteiger partial charge in [0, 0.05) is 6.61 Å². The van der Waals surface area contributed by atoms with Crippen LogP contribution in [-0.4, -0.2) is 49.8 Å². The van der Waals surface area contributed by atoms with Gasteiger partial charge < -0.3 is 19.3 Å². The van der Waals surface area contributed by atoms with Gasteiger partial charge in [0.15, 0.2) is 0 Å². The average Bonchev–Trinajstić information content (AvgIpc) is 2.24. The zero-order valence-corrected chi connectivity index (χ0v) is 10.9. The SMILES string of the molecule is CCCOC[C@H](C)OC[C@@H](C)OC[C@H](C)O. The van der Waals surface area contributed by atoms with Crippen molar-refractivity contribution in [1.29, 1.82) is 0 Å². The molecule has 0 radical (unpaired) electrons. The predicted molar refractivity (Wildman–Crippen MR) is 63.6 cm³/mol. The van der Waals surface area contributed by atoms with Gasteiger partial charge in [-0.3, -0.25) is 0 Å². The molecule has 4 heteroatoms. The van der Waals surface area contributed by atoms with E-state index >= 15 is 0 Å². The maximum atomic E-state index is 9.04. The normalized spacial score (nSPS) is 17.1. The van der Waals surface area contributed by atoms with E-state index in [2.05, 4.69) is 6.92 Å². The largest absolute Gasteiger partial charge is 0.391 e. The van der Waals surface area contributed by atoms with E-state index in [1.165, 1.54) is 0 Å². The Labute approximate surface area is 98.9 Å². The summed E-state index contributed by atoms with van der Waals surface area (Å²) in [6.07, 6.45) is 0.695. The second-order valence-electron chi connectivity index (χ2n) is 4.21. The average molecular weight is 234 g/mol. The lowest BCUT2D eigenvalue weighted by Crippen LogP contribution is -2.25. The Hall–Kier alpha value is -0.160. The number of aliphatic hydroxyl groups is 1. The number of hydrogen-bond donors (Lipinski definition) is 1. The van der Waals surface area contributed by atoms with Crippen LogP contribution in [0.15, 0.2) is 0 Å². The van der Waals surface area contributed by atoms with Crippen molar-refractivity contribution in [3.8, 4) is 0 Å². The molecule has 0 aliphatic heterocycles. The summed E-state index contributed by atoms with van der Waals surface area (Å²) in [5.74, 6) is 0. The molecule has 0 rings (SSSR count). The van der Waals surface area contributed by atoms with Crippen molar-refractivity contribution in [1.82, 2.24) is 0 Å². The fourth-order valence-electron chi connectivity index (χ4n) is 1.09. The van der Waals surface area contributed by atoms with Crippen molar-refractivity contribution in [3.05, 3.63) is 0 Å². The van der Waals surface area contributed by atoms with Crippen molar-refractivity contribution in [2.75, 3.05) is 26.4 Å². The maximum Gasteiger partial charge on any atom is 0.0781 e. The fourth-order valence-corrected chi connectivity index (χ4v) is 1.09. The van der Waals surface area contributed by atoms with Crippen LogP contribution >= 0.6 is 0 Å². The fraction of sp³-hybridized carbons (Fsp3) is 1.00. The maximum absolute atomic E-state index is 9.04. The van der Waals surface area contributed by atoms with Gasteiger partial charge in [-0.1, -0.05) is 6.92 Å². The molecule has 0 fully saturated rings. The number of ether oxygens (including phenoxy) is 3. The van der Waals surface area contributed by atoms with E-state index < -0.39 is 6.10 Å². The van der Waals surface area contributed by atoms with Crippen LogP contribution in [0, 0.1) is 0 Å². The predicted octanol–water partition coefficient (Wildman–Crippen LogP) is 1.60. The molecule has 4 nitrogen and oxygen atoms in total. The Morgan fingerprint density at radius 1 is 0.938 bits per heavy atom. The van der Waals surface area contributed by atoms with E-state index in [9.17, 15) is 0 Å². The highest BCUT2D eigenvalue weighted by molar-refractivity contribution is 4.53. The minimum atomic E-state index is -0.423. The van der Waals surface area contributed by atoms with Crippen LogP contribution in [0.25, 0.3) is 0 Å². The molecule has 0 saturated heterocycles. The molecular formula is C12H26O4. The highest BCUT2D eigenvalue weighted by Gasteiger charge is 2.08. The van der Waals surface area contributed by atoms with E-state index in [0.29, 0.717) is 19.8 Å². The molecule has 0 bridgehead atoms. The third-order valence-electron chi connectivity index (χ3n) is 1.94. The smallest absolute Gasteiger partial charge is 0.0781 e. The summed E-state index contributed by atoms with van der Waals surface area (Å²) in [6.45, 7) is 9.98. The molecule has 0 heterocycles. The lowest BCUT2D eigenvalue weighted by Gasteiger charge is -2.18. The van der Waals surface area contributed by atoms with Gasteiger partial charge in [0.1, 0.15) is 0 Å². The van der Waals surface area contributed by atoms with Gasteiger partial charge >= 0.3 is 0 Å². The Morgan fingerprint density at radius 2 is 1.50 bits per heavy atom. The topological polar surface area (TPSA) is 47.9 Å². The quantitative estimate of drug-likeness (QED) is 0.583. The first-order valence-electron chi connectivity index (χ1n) is 6.05. The first kappa shape index (κ1) is 15.8. The van der Waals surface area contributed by atoms with Crippen LogP contribution in [0.3, 0.4) is 0 Å². The highest BCUT2D eigenvalue weighted by Crippen LogP contribution is 1.99. The van der Waals surface area contributed by atoms with Crippen LogP contribution < -0.4 is 0 Å². The molecule has 98 valence electrons. The first-order valence-corrected chi connectivity index (χ1v) is 6.05. The van der Waals surface area contributed by atoms with Gasteiger partial charge in [-0.15, -0.1) is 0 Å². The molecule has 0 spiro atoms. The molecule has 0 saturated carbocycles. The van der Waals surface area contributed by atoms with Crippen LogP contribution in [-0.2, 0) is 14.2 Å². The van der Waals surface area contributed by atoms with Crippen molar-refractivity contribution in [2.24, 2.45) is 0 Å². The molecule has 0 aromatic heterocycles. The van der Waals surface area contributed by atoms with Crippen molar-refractivity contribution < 1.29 is 19.3 Å². The highest BCUT2D eigenvalue weighted by atomic mass is 16.6. The summed E-state index contributed by atoms with van der Waals surface area (Å²) in [6, 6.07) is 0. The monoisotopic (exact) mass is 234 g/mol.